The standard InChI is InChI=1S/C8H11F3N4O2/c1-15-5-13-14-6(15)2-3-12-7(16)17-4-8(9,10)11/h5H,2-4H2,1H3,(H,12,16). The maximum absolute atomic E-state index is 11.7. The molecule has 1 amide bonds. The zero-order valence-electron chi connectivity index (χ0n) is 8.99. The summed E-state index contributed by atoms with van der Waals surface area (Å²) >= 11 is 0. The van der Waals surface area contributed by atoms with Crippen molar-refractivity contribution in [3.63, 3.8) is 0 Å². The fourth-order valence-electron chi connectivity index (χ4n) is 1.01. The maximum Gasteiger partial charge on any atom is 0.422 e. The van der Waals surface area contributed by atoms with Crippen LogP contribution in [0.3, 0.4) is 0 Å². The van der Waals surface area contributed by atoms with Gasteiger partial charge in [0.2, 0.25) is 0 Å². The fraction of sp³-hybridized carbons (Fsp3) is 0.625. The van der Waals surface area contributed by atoms with Crippen molar-refractivity contribution >= 4 is 6.09 Å². The summed E-state index contributed by atoms with van der Waals surface area (Å²) < 4.78 is 40.6. The Bertz CT molecular complexity index is 377. The van der Waals surface area contributed by atoms with E-state index in [9.17, 15) is 18.0 Å². The van der Waals surface area contributed by atoms with E-state index in [1.54, 1.807) is 11.6 Å². The fourth-order valence-corrected chi connectivity index (χ4v) is 1.01. The van der Waals surface area contributed by atoms with Crippen molar-refractivity contribution in [2.24, 2.45) is 7.05 Å². The summed E-state index contributed by atoms with van der Waals surface area (Å²) in [5.41, 5.74) is 0. The molecule has 0 aliphatic heterocycles. The van der Waals surface area contributed by atoms with Crippen molar-refractivity contribution in [3.8, 4) is 0 Å². The summed E-state index contributed by atoms with van der Waals surface area (Å²) in [7, 11) is 1.72. The zero-order chi connectivity index (χ0) is 12.9. The summed E-state index contributed by atoms with van der Waals surface area (Å²) in [6, 6.07) is 0. The molecule has 0 saturated carbocycles. The van der Waals surface area contributed by atoms with Crippen LogP contribution < -0.4 is 5.32 Å². The highest BCUT2D eigenvalue weighted by molar-refractivity contribution is 5.67. The van der Waals surface area contributed by atoms with Gasteiger partial charge in [0.05, 0.1) is 0 Å². The second-order valence-electron chi connectivity index (χ2n) is 3.23. The minimum absolute atomic E-state index is 0.128. The highest BCUT2D eigenvalue weighted by Gasteiger charge is 2.29. The number of alkyl carbamates (subject to hydrolysis) is 1. The van der Waals surface area contributed by atoms with Gasteiger partial charge in [0.15, 0.2) is 6.61 Å². The Morgan fingerprint density at radius 1 is 1.59 bits per heavy atom. The van der Waals surface area contributed by atoms with Crippen LogP contribution in [0.15, 0.2) is 6.33 Å². The van der Waals surface area contributed by atoms with E-state index in [-0.39, 0.29) is 6.54 Å². The van der Waals surface area contributed by atoms with Gasteiger partial charge >= 0.3 is 12.3 Å². The first kappa shape index (κ1) is 13.3. The van der Waals surface area contributed by atoms with E-state index in [1.807, 2.05) is 0 Å². The number of carbonyl (C=O) groups excluding carboxylic acids is 1. The van der Waals surface area contributed by atoms with E-state index < -0.39 is 18.9 Å². The van der Waals surface area contributed by atoms with Crippen molar-refractivity contribution in [1.29, 1.82) is 0 Å². The molecule has 0 aliphatic carbocycles. The van der Waals surface area contributed by atoms with Crippen LogP contribution in [-0.4, -0.2) is 40.2 Å². The Morgan fingerprint density at radius 2 is 2.29 bits per heavy atom. The molecule has 0 aliphatic rings. The molecule has 1 N–H and O–H groups in total. The monoisotopic (exact) mass is 252 g/mol. The number of alkyl halides is 3. The maximum atomic E-state index is 11.7. The lowest BCUT2D eigenvalue weighted by Crippen LogP contribution is -2.30. The number of aromatic nitrogens is 3. The normalized spacial score (nSPS) is 11.3. The molecule has 9 heteroatoms. The molecule has 6 nitrogen and oxygen atoms in total. The Morgan fingerprint density at radius 3 is 2.82 bits per heavy atom. The van der Waals surface area contributed by atoms with E-state index in [0.717, 1.165) is 0 Å². The molecule has 1 aromatic heterocycles. The highest BCUT2D eigenvalue weighted by atomic mass is 19.4. The summed E-state index contributed by atoms with van der Waals surface area (Å²) in [4.78, 5) is 10.8. The van der Waals surface area contributed by atoms with Crippen LogP contribution in [0.1, 0.15) is 5.82 Å². The number of carbonyl (C=O) groups is 1. The van der Waals surface area contributed by atoms with Crippen LogP contribution in [0, 0.1) is 0 Å². The van der Waals surface area contributed by atoms with E-state index >= 15 is 0 Å². The van der Waals surface area contributed by atoms with Gasteiger partial charge in [-0.15, -0.1) is 10.2 Å². The summed E-state index contributed by atoms with van der Waals surface area (Å²) in [5, 5.41) is 9.53. The average Bonchev–Trinajstić information content (AvgIpc) is 2.61. The lowest BCUT2D eigenvalue weighted by Gasteiger charge is -2.08. The SMILES string of the molecule is Cn1cnnc1CCNC(=O)OCC(F)(F)F. The number of hydrogen-bond acceptors (Lipinski definition) is 4. The second-order valence-corrected chi connectivity index (χ2v) is 3.23. The zero-order valence-corrected chi connectivity index (χ0v) is 8.99. The number of rotatable bonds is 4. The van der Waals surface area contributed by atoms with Crippen molar-refractivity contribution in [2.75, 3.05) is 13.2 Å². The lowest BCUT2D eigenvalue weighted by molar-refractivity contribution is -0.160. The van der Waals surface area contributed by atoms with Crippen LogP contribution in [0.4, 0.5) is 18.0 Å². The van der Waals surface area contributed by atoms with E-state index in [4.69, 9.17) is 0 Å². The topological polar surface area (TPSA) is 69.0 Å². The van der Waals surface area contributed by atoms with Gasteiger partial charge in [-0.1, -0.05) is 0 Å². The Labute approximate surface area is 94.8 Å². The summed E-state index contributed by atoms with van der Waals surface area (Å²) in [6.07, 6.45) is -3.78. The predicted octanol–water partition coefficient (Wildman–Crippen LogP) is 0.646. The van der Waals surface area contributed by atoms with Gasteiger partial charge in [0.1, 0.15) is 12.2 Å². The highest BCUT2D eigenvalue weighted by Crippen LogP contribution is 2.14. The number of amides is 1. The third-order valence-corrected chi connectivity index (χ3v) is 1.79. The van der Waals surface area contributed by atoms with E-state index in [1.165, 1.54) is 6.33 Å². The van der Waals surface area contributed by atoms with Gasteiger partial charge in [0.25, 0.3) is 0 Å². The Kier molecular flexibility index (Phi) is 4.30. The van der Waals surface area contributed by atoms with Crippen LogP contribution in [0.25, 0.3) is 0 Å². The second kappa shape index (κ2) is 5.51. The molecule has 1 heterocycles. The molecule has 1 rings (SSSR count). The van der Waals surface area contributed by atoms with Crippen molar-refractivity contribution in [1.82, 2.24) is 20.1 Å². The van der Waals surface area contributed by atoms with Crippen LogP contribution in [0.2, 0.25) is 0 Å². The van der Waals surface area contributed by atoms with Crippen molar-refractivity contribution < 1.29 is 22.7 Å². The number of ether oxygens (including phenoxy) is 1. The third kappa shape index (κ3) is 5.18. The summed E-state index contributed by atoms with van der Waals surface area (Å²) in [5.74, 6) is 0.612. The molecule has 17 heavy (non-hydrogen) atoms. The van der Waals surface area contributed by atoms with Gasteiger partial charge < -0.3 is 14.6 Å². The number of nitrogens with one attached hydrogen (secondary N) is 1. The molecule has 0 bridgehead atoms. The van der Waals surface area contributed by atoms with Gasteiger partial charge in [0, 0.05) is 20.0 Å². The Hall–Kier alpha value is -1.80. The first-order valence-electron chi connectivity index (χ1n) is 4.69. The number of aryl methyl sites for hydroxylation is 1. The first-order valence-corrected chi connectivity index (χ1v) is 4.69. The summed E-state index contributed by atoms with van der Waals surface area (Å²) in [6.45, 7) is -1.47. The number of nitrogens with zero attached hydrogens (tertiary/aromatic N) is 3. The van der Waals surface area contributed by atoms with Crippen molar-refractivity contribution in [3.05, 3.63) is 12.2 Å². The average molecular weight is 252 g/mol. The molecule has 0 spiro atoms. The quantitative estimate of drug-likeness (QED) is 0.854. The number of halogens is 3. The Balaban J connectivity index is 2.19. The van der Waals surface area contributed by atoms with Gasteiger partial charge in [-0.05, 0) is 0 Å². The molecule has 0 unspecified atom stereocenters. The van der Waals surface area contributed by atoms with E-state index in [0.29, 0.717) is 12.2 Å². The molecule has 1 aromatic rings. The molecule has 96 valence electrons. The molecule has 0 radical (unpaired) electrons. The molecular weight excluding hydrogens is 241 g/mol. The molecule has 0 fully saturated rings. The van der Waals surface area contributed by atoms with E-state index in [2.05, 4.69) is 20.3 Å². The largest absolute Gasteiger partial charge is 0.440 e. The lowest BCUT2D eigenvalue weighted by atomic mass is 10.4. The van der Waals surface area contributed by atoms with Crippen LogP contribution in [-0.2, 0) is 18.2 Å². The molecular formula is C8H11F3N4O2. The van der Waals surface area contributed by atoms with Gasteiger partial charge in [-0.2, -0.15) is 13.2 Å². The molecule has 0 aromatic carbocycles. The molecule has 0 saturated heterocycles. The van der Waals surface area contributed by atoms with Crippen LogP contribution >= 0.6 is 0 Å². The minimum Gasteiger partial charge on any atom is -0.440 e. The molecule has 0 atom stereocenters. The predicted molar refractivity (Wildman–Crippen MR) is 50.1 cm³/mol. The minimum atomic E-state index is -4.51. The van der Waals surface area contributed by atoms with Crippen molar-refractivity contribution in [2.45, 2.75) is 12.6 Å². The van der Waals surface area contributed by atoms with Crippen LogP contribution in [0.5, 0.6) is 0 Å². The smallest absolute Gasteiger partial charge is 0.422 e. The van der Waals surface area contributed by atoms with Gasteiger partial charge in [-0.3, -0.25) is 0 Å². The first-order chi connectivity index (χ1) is 7.88. The van der Waals surface area contributed by atoms with Gasteiger partial charge in [-0.25, -0.2) is 4.79 Å². The number of hydrogen-bond donors (Lipinski definition) is 1. The third-order valence-electron chi connectivity index (χ3n) is 1.79.